The molecule has 0 aliphatic heterocycles. The number of esters is 4. The van der Waals surface area contributed by atoms with Crippen molar-refractivity contribution in [2.24, 2.45) is 0 Å². The Kier molecular flexibility index (Phi) is 39.9. The van der Waals surface area contributed by atoms with Crippen LogP contribution in [0.3, 0.4) is 0 Å². The van der Waals surface area contributed by atoms with Gasteiger partial charge in [0.25, 0.3) is 0 Å². The number of ether oxygens (including phenoxy) is 4. The summed E-state index contributed by atoms with van der Waals surface area (Å²) in [4.78, 5) is 68.2. The van der Waals surface area contributed by atoms with Crippen LogP contribution in [0, 0.1) is 0 Å². The van der Waals surface area contributed by atoms with Crippen LogP contribution in [-0.4, -0.2) is 146 Å². The molecule has 0 aliphatic carbocycles. The van der Waals surface area contributed by atoms with Crippen LogP contribution >= 0.6 is 0 Å². The molecule has 0 saturated heterocycles. The smallest absolute Gasteiger partial charge is 0.307 e. The summed E-state index contributed by atoms with van der Waals surface area (Å²) in [5.41, 5.74) is 0. The monoisotopic (exact) mass is 937 g/mol. The van der Waals surface area contributed by atoms with Crippen LogP contribution in [0.2, 0.25) is 0 Å². The maximum Gasteiger partial charge on any atom is 0.307 e. The first-order valence-electron chi connectivity index (χ1n) is 25.9. The van der Waals surface area contributed by atoms with Gasteiger partial charge in [0.1, 0.15) is 0 Å². The number of hydrogen-bond donors (Lipinski definition) is 4. The minimum Gasteiger partial charge on any atom is -0.466 e. The van der Waals surface area contributed by atoms with E-state index in [0.717, 1.165) is 109 Å². The first-order chi connectivity index (χ1) is 32.2. The molecule has 0 unspecified atom stereocenters. The zero-order chi connectivity index (χ0) is 48.1. The molecule has 0 atom stereocenters. The molecule has 0 spiro atoms. The zero-order valence-corrected chi connectivity index (χ0v) is 41.8. The van der Waals surface area contributed by atoms with Gasteiger partial charge < -0.3 is 49.8 Å². The third-order valence-corrected chi connectivity index (χ3v) is 10.9. The third kappa shape index (κ3) is 36.3. The van der Waals surface area contributed by atoms with Crippen LogP contribution < -0.4 is 16.0 Å². The fraction of sp³-hybridized carbons (Fsp3) is 0.857. The molecule has 4 N–H and O–H groups in total. The van der Waals surface area contributed by atoms with E-state index < -0.39 is 0 Å². The Morgan fingerprint density at radius 1 is 0.394 bits per heavy atom. The van der Waals surface area contributed by atoms with Gasteiger partial charge in [-0.25, -0.2) is 0 Å². The van der Waals surface area contributed by atoms with E-state index in [1.165, 1.54) is 0 Å². The summed E-state index contributed by atoms with van der Waals surface area (Å²) in [5.74, 6) is 0.268. The Labute approximate surface area is 398 Å². The summed E-state index contributed by atoms with van der Waals surface area (Å²) in [6, 6.07) is 0. The highest BCUT2D eigenvalue weighted by Crippen LogP contribution is 2.12. The maximum absolute atomic E-state index is 12.5. The van der Waals surface area contributed by atoms with Gasteiger partial charge in [-0.2, -0.15) is 15.0 Å². The summed E-state index contributed by atoms with van der Waals surface area (Å²) in [6.07, 6.45) is 20.4. The third-order valence-electron chi connectivity index (χ3n) is 10.9. The molecule has 1 aromatic rings. The van der Waals surface area contributed by atoms with Gasteiger partial charge >= 0.3 is 23.9 Å². The van der Waals surface area contributed by atoms with Crippen molar-refractivity contribution in [3.05, 3.63) is 0 Å². The van der Waals surface area contributed by atoms with Gasteiger partial charge in [0.15, 0.2) is 0 Å². The van der Waals surface area contributed by atoms with Crippen molar-refractivity contribution >= 4 is 41.7 Å². The molecule has 66 heavy (non-hydrogen) atoms. The summed E-state index contributed by atoms with van der Waals surface area (Å²) < 4.78 is 21.9. The Morgan fingerprint density at radius 3 is 0.955 bits per heavy atom. The number of nitrogens with one attached hydrogen (secondary N) is 3. The Morgan fingerprint density at radius 2 is 0.682 bits per heavy atom. The van der Waals surface area contributed by atoms with Crippen molar-refractivity contribution in [3.8, 4) is 0 Å². The van der Waals surface area contributed by atoms with Gasteiger partial charge in [-0.15, -0.1) is 0 Å². The number of aliphatic hydroxyl groups is 1. The molecule has 0 bridgehead atoms. The Bertz CT molecular complexity index is 1210. The average Bonchev–Trinajstić information content (AvgIpc) is 3.31. The number of nitrogens with zero attached hydrogens (tertiary/aromatic N) is 5. The number of carbonyl (C=O) groups excluding carboxylic acids is 4. The first kappa shape index (κ1) is 60.2. The van der Waals surface area contributed by atoms with E-state index in [1.807, 2.05) is 0 Å². The van der Waals surface area contributed by atoms with Crippen LogP contribution in [-0.2, 0) is 38.1 Å². The number of carbonyl (C=O) groups is 4. The minimum atomic E-state index is -0.230. The van der Waals surface area contributed by atoms with E-state index in [0.29, 0.717) is 122 Å². The molecule has 1 rings (SSSR count). The topological polar surface area (TPSA) is 207 Å². The van der Waals surface area contributed by atoms with E-state index >= 15 is 0 Å². The lowest BCUT2D eigenvalue weighted by atomic mass is 10.2. The molecule has 17 nitrogen and oxygen atoms in total. The predicted octanol–water partition coefficient (Wildman–Crippen LogP) is 8.32. The molecular weight excluding hydrogens is 845 g/mol. The minimum absolute atomic E-state index is 0.105. The lowest BCUT2D eigenvalue weighted by Crippen LogP contribution is -2.32. The summed E-state index contributed by atoms with van der Waals surface area (Å²) >= 11 is 0. The molecule has 382 valence electrons. The largest absolute Gasteiger partial charge is 0.466 e. The van der Waals surface area contributed by atoms with Crippen LogP contribution in [0.15, 0.2) is 0 Å². The maximum atomic E-state index is 12.5. The summed E-state index contributed by atoms with van der Waals surface area (Å²) in [7, 11) is 0. The second kappa shape index (κ2) is 43.7. The number of unbranched alkanes of at least 4 members (excludes halogenated alkanes) is 13. The van der Waals surface area contributed by atoms with Crippen LogP contribution in [0.1, 0.15) is 182 Å². The van der Waals surface area contributed by atoms with Gasteiger partial charge in [-0.05, 0) is 64.5 Å². The molecule has 17 heteroatoms. The van der Waals surface area contributed by atoms with Crippen molar-refractivity contribution in [3.63, 3.8) is 0 Å². The molecule has 0 saturated carbocycles. The molecule has 1 aromatic heterocycles. The molecule has 0 fully saturated rings. The lowest BCUT2D eigenvalue weighted by Gasteiger charge is -2.22. The van der Waals surface area contributed by atoms with E-state index in [2.05, 4.69) is 68.4 Å². The Balaban J connectivity index is 2.88. The van der Waals surface area contributed by atoms with Crippen LogP contribution in [0.25, 0.3) is 0 Å². The average molecular weight is 937 g/mol. The standard InChI is InChI=1S/C49H92N8O9/c1-5-9-13-19-39-63-43(59)25-34-56(35-26-44(60)64-40-20-14-10-6-2)32-23-30-51-48-53-47(50-29-17-18-38-58)54-49(55-48)52-31-24-33-57(36-27-45(61)65-41-21-15-11-7-3)37-28-46(62)66-42-22-16-12-8-4/h58H,5-42H2,1-4H3,(H3,50,51,52,53,54,55). The zero-order valence-electron chi connectivity index (χ0n) is 41.8. The highest BCUT2D eigenvalue weighted by Gasteiger charge is 2.15. The van der Waals surface area contributed by atoms with E-state index in [4.69, 9.17) is 18.9 Å². The van der Waals surface area contributed by atoms with Crippen LogP contribution in [0.5, 0.6) is 0 Å². The van der Waals surface area contributed by atoms with Crippen molar-refractivity contribution in [2.75, 3.05) is 108 Å². The van der Waals surface area contributed by atoms with Gasteiger partial charge in [0.05, 0.1) is 52.1 Å². The van der Waals surface area contributed by atoms with Gasteiger partial charge in [-0.1, -0.05) is 105 Å². The van der Waals surface area contributed by atoms with Crippen molar-refractivity contribution < 1.29 is 43.2 Å². The fourth-order valence-electron chi connectivity index (χ4n) is 6.87. The summed E-state index contributed by atoms with van der Waals surface area (Å²) in [5, 5.41) is 19.2. The number of aromatic nitrogens is 3. The predicted molar refractivity (Wildman–Crippen MR) is 263 cm³/mol. The van der Waals surface area contributed by atoms with Gasteiger partial charge in [-0.3, -0.25) is 19.2 Å². The van der Waals surface area contributed by atoms with E-state index in [-0.39, 0.29) is 56.2 Å². The quantitative estimate of drug-likeness (QED) is 0.0275. The molecule has 0 aliphatic rings. The Hall–Kier alpha value is -3.83. The number of hydrogen-bond acceptors (Lipinski definition) is 17. The van der Waals surface area contributed by atoms with Gasteiger partial charge in [0, 0.05) is 52.4 Å². The van der Waals surface area contributed by atoms with Gasteiger partial charge in [0.2, 0.25) is 17.8 Å². The molecular formula is C49H92N8O9. The van der Waals surface area contributed by atoms with Crippen molar-refractivity contribution in [1.29, 1.82) is 0 Å². The normalized spacial score (nSPS) is 11.2. The van der Waals surface area contributed by atoms with Crippen LogP contribution in [0.4, 0.5) is 17.8 Å². The lowest BCUT2D eigenvalue weighted by molar-refractivity contribution is -0.146. The number of anilines is 3. The van der Waals surface area contributed by atoms with E-state index in [9.17, 15) is 24.3 Å². The van der Waals surface area contributed by atoms with Crippen molar-refractivity contribution in [1.82, 2.24) is 24.8 Å². The molecule has 0 radical (unpaired) electrons. The fourth-order valence-corrected chi connectivity index (χ4v) is 6.87. The second-order valence-corrected chi connectivity index (χ2v) is 17.0. The molecule has 0 amide bonds. The summed E-state index contributed by atoms with van der Waals surface area (Å²) in [6.45, 7) is 15.2. The SMILES string of the molecule is CCCCCCOC(=O)CCN(CCCNc1nc(NCCCCO)nc(NCCCN(CCC(=O)OCCCCCC)CCC(=O)OCCCCCC)n1)CCC(=O)OCCCCCC. The molecule has 0 aromatic carbocycles. The van der Waals surface area contributed by atoms with Crippen molar-refractivity contribution in [2.45, 2.75) is 182 Å². The number of rotatable bonds is 47. The van der Waals surface area contributed by atoms with E-state index in [1.54, 1.807) is 0 Å². The highest BCUT2D eigenvalue weighted by atomic mass is 16.5. The first-order valence-corrected chi connectivity index (χ1v) is 25.9. The number of aliphatic hydroxyl groups excluding tert-OH is 1. The second-order valence-electron chi connectivity index (χ2n) is 17.0. The molecule has 1 heterocycles. The highest BCUT2D eigenvalue weighted by molar-refractivity contribution is 5.71.